The van der Waals surface area contributed by atoms with E-state index in [1.165, 1.54) is 18.5 Å². The van der Waals surface area contributed by atoms with E-state index in [9.17, 15) is 4.79 Å². The highest BCUT2D eigenvalue weighted by Crippen LogP contribution is 2.42. The summed E-state index contributed by atoms with van der Waals surface area (Å²) in [6.07, 6.45) is 4.33. The van der Waals surface area contributed by atoms with Crippen molar-refractivity contribution in [2.75, 3.05) is 25.6 Å². The fourth-order valence-electron chi connectivity index (χ4n) is 4.85. The van der Waals surface area contributed by atoms with Gasteiger partial charge in [0.2, 0.25) is 0 Å². The van der Waals surface area contributed by atoms with Crippen LogP contribution in [0, 0.1) is 0 Å². The number of hydrogen-bond donors (Lipinski definition) is 2. The summed E-state index contributed by atoms with van der Waals surface area (Å²) >= 11 is 0. The van der Waals surface area contributed by atoms with Gasteiger partial charge in [-0.05, 0) is 30.9 Å². The van der Waals surface area contributed by atoms with Gasteiger partial charge in [-0.15, -0.1) is 0 Å². The number of nitrogens with one attached hydrogen (secondary N) is 2. The number of amides is 1. The van der Waals surface area contributed by atoms with E-state index in [2.05, 4.69) is 32.4 Å². The minimum atomic E-state index is -0.380. The van der Waals surface area contributed by atoms with E-state index >= 15 is 0 Å². The fraction of sp³-hybridized carbons (Fsp3) is 0.435. The number of methoxy groups -OCH3 is 1. The number of fused-ring (bicyclic) bond motifs is 2. The Hall–Kier alpha value is -3.13. The smallest absolute Gasteiger partial charge is 0.252 e. The average Bonchev–Trinajstić information content (AvgIpc) is 3.45. The van der Waals surface area contributed by atoms with Crippen molar-refractivity contribution in [1.82, 2.24) is 19.9 Å². The minimum Gasteiger partial charge on any atom is -0.491 e. The molecule has 2 aliphatic heterocycles. The van der Waals surface area contributed by atoms with Crippen molar-refractivity contribution >= 4 is 22.8 Å². The molecule has 3 atom stereocenters. The highest BCUT2D eigenvalue weighted by atomic mass is 16.5. The maximum atomic E-state index is 12.9. The molecule has 0 bridgehead atoms. The van der Waals surface area contributed by atoms with Crippen LogP contribution in [-0.4, -0.2) is 58.2 Å². The Balaban J connectivity index is 1.39. The molecule has 1 saturated carbocycles. The second kappa shape index (κ2) is 7.23. The maximum absolute atomic E-state index is 12.9. The van der Waals surface area contributed by atoms with Crippen LogP contribution in [-0.2, 0) is 9.53 Å². The highest BCUT2D eigenvalue weighted by Gasteiger charge is 2.43. The van der Waals surface area contributed by atoms with Crippen LogP contribution in [0.3, 0.4) is 0 Å². The third-order valence-electron chi connectivity index (χ3n) is 6.68. The SMILES string of the molecule is COC1CCN(C2COc3ccccc3C2Nc2ncnc3[nH]c(C4CC4)cc23)C1=O. The molecule has 8 nitrogen and oxygen atoms in total. The second-order valence-corrected chi connectivity index (χ2v) is 8.57. The number of aromatic nitrogens is 3. The number of para-hydroxylation sites is 1. The third kappa shape index (κ3) is 3.13. The first kappa shape index (κ1) is 18.6. The lowest BCUT2D eigenvalue weighted by Gasteiger charge is -2.39. The number of hydrogen-bond acceptors (Lipinski definition) is 6. The second-order valence-electron chi connectivity index (χ2n) is 8.57. The molecular formula is C23H25N5O3. The van der Waals surface area contributed by atoms with E-state index in [1.54, 1.807) is 13.4 Å². The summed E-state index contributed by atoms with van der Waals surface area (Å²) in [5.74, 6) is 2.23. The van der Waals surface area contributed by atoms with Gasteiger partial charge in [0.25, 0.3) is 5.91 Å². The van der Waals surface area contributed by atoms with Gasteiger partial charge < -0.3 is 24.7 Å². The molecule has 1 aliphatic carbocycles. The zero-order chi connectivity index (χ0) is 20.9. The topological polar surface area (TPSA) is 92.4 Å². The van der Waals surface area contributed by atoms with Crippen LogP contribution in [0.5, 0.6) is 5.75 Å². The molecule has 3 unspecified atom stereocenters. The van der Waals surface area contributed by atoms with Crippen LogP contribution in [0.15, 0.2) is 36.7 Å². The normalized spacial score (nSPS) is 25.5. The van der Waals surface area contributed by atoms with Gasteiger partial charge in [-0.1, -0.05) is 18.2 Å². The lowest BCUT2D eigenvalue weighted by Crippen LogP contribution is -2.50. The molecule has 4 heterocycles. The van der Waals surface area contributed by atoms with E-state index in [0.29, 0.717) is 25.5 Å². The van der Waals surface area contributed by atoms with Gasteiger partial charge in [-0.2, -0.15) is 0 Å². The van der Waals surface area contributed by atoms with Gasteiger partial charge in [0.05, 0.1) is 17.5 Å². The van der Waals surface area contributed by atoms with Gasteiger partial charge in [-0.3, -0.25) is 4.79 Å². The number of H-pyrrole nitrogens is 1. The molecule has 1 amide bonds. The summed E-state index contributed by atoms with van der Waals surface area (Å²) in [5.41, 5.74) is 3.09. The molecule has 31 heavy (non-hydrogen) atoms. The van der Waals surface area contributed by atoms with Crippen molar-refractivity contribution in [3.05, 3.63) is 47.9 Å². The maximum Gasteiger partial charge on any atom is 0.252 e. The number of benzene rings is 1. The Morgan fingerprint density at radius 1 is 1.23 bits per heavy atom. The zero-order valence-electron chi connectivity index (χ0n) is 17.4. The molecule has 160 valence electrons. The van der Waals surface area contributed by atoms with Crippen LogP contribution < -0.4 is 10.1 Å². The predicted octanol–water partition coefficient (Wildman–Crippen LogP) is 3.00. The first-order valence-electron chi connectivity index (χ1n) is 10.9. The molecule has 2 N–H and O–H groups in total. The molecule has 2 aromatic heterocycles. The van der Waals surface area contributed by atoms with E-state index in [0.717, 1.165) is 28.2 Å². The summed E-state index contributed by atoms with van der Waals surface area (Å²) in [4.78, 5) is 27.3. The summed E-state index contributed by atoms with van der Waals surface area (Å²) in [7, 11) is 1.59. The molecule has 8 heteroatoms. The van der Waals surface area contributed by atoms with Crippen LogP contribution in [0.2, 0.25) is 0 Å². The number of ether oxygens (including phenoxy) is 2. The van der Waals surface area contributed by atoms with Gasteiger partial charge >= 0.3 is 0 Å². The number of carbonyl (C=O) groups is 1. The Morgan fingerprint density at radius 3 is 2.90 bits per heavy atom. The number of likely N-dealkylation sites (tertiary alicyclic amines) is 1. The molecule has 0 radical (unpaired) electrons. The summed E-state index contributed by atoms with van der Waals surface area (Å²) in [5, 5.41) is 4.63. The van der Waals surface area contributed by atoms with E-state index in [-0.39, 0.29) is 24.1 Å². The Kier molecular flexibility index (Phi) is 4.34. The Labute approximate surface area is 180 Å². The van der Waals surface area contributed by atoms with Gasteiger partial charge in [-0.25, -0.2) is 9.97 Å². The van der Waals surface area contributed by atoms with Crippen molar-refractivity contribution in [2.45, 2.75) is 43.4 Å². The molecule has 3 aliphatic rings. The third-order valence-corrected chi connectivity index (χ3v) is 6.68. The van der Waals surface area contributed by atoms with Crippen molar-refractivity contribution in [3.8, 4) is 5.75 Å². The van der Waals surface area contributed by atoms with Gasteiger partial charge in [0.1, 0.15) is 36.3 Å². The van der Waals surface area contributed by atoms with Crippen molar-refractivity contribution in [1.29, 1.82) is 0 Å². The molecule has 0 spiro atoms. The fourth-order valence-corrected chi connectivity index (χ4v) is 4.85. The molecular weight excluding hydrogens is 394 g/mol. The monoisotopic (exact) mass is 419 g/mol. The Bertz CT molecular complexity index is 1140. The largest absolute Gasteiger partial charge is 0.491 e. The molecule has 6 rings (SSSR count). The highest BCUT2D eigenvalue weighted by molar-refractivity contribution is 5.88. The molecule has 3 aromatic rings. The molecule has 1 saturated heterocycles. The summed E-state index contributed by atoms with van der Waals surface area (Å²) < 4.78 is 11.4. The number of aromatic amines is 1. The van der Waals surface area contributed by atoms with Gasteiger partial charge in [0, 0.05) is 31.3 Å². The number of anilines is 1. The zero-order valence-corrected chi connectivity index (χ0v) is 17.4. The van der Waals surface area contributed by atoms with E-state index < -0.39 is 0 Å². The molecule has 1 aromatic carbocycles. The number of carbonyl (C=O) groups excluding carboxylic acids is 1. The number of rotatable bonds is 5. The first-order chi connectivity index (χ1) is 15.2. The lowest BCUT2D eigenvalue weighted by atomic mass is 9.95. The number of nitrogens with zero attached hydrogens (tertiary/aromatic N) is 3. The predicted molar refractivity (Wildman–Crippen MR) is 115 cm³/mol. The van der Waals surface area contributed by atoms with Crippen LogP contribution >= 0.6 is 0 Å². The van der Waals surface area contributed by atoms with Crippen LogP contribution in [0.4, 0.5) is 5.82 Å². The van der Waals surface area contributed by atoms with Crippen molar-refractivity contribution in [3.63, 3.8) is 0 Å². The summed E-state index contributed by atoms with van der Waals surface area (Å²) in [6, 6.07) is 9.85. The van der Waals surface area contributed by atoms with E-state index in [4.69, 9.17) is 9.47 Å². The van der Waals surface area contributed by atoms with Gasteiger partial charge in [0.15, 0.2) is 0 Å². The Morgan fingerprint density at radius 2 is 2.10 bits per heavy atom. The lowest BCUT2D eigenvalue weighted by molar-refractivity contribution is -0.138. The standard InChI is InChI=1S/C23H25N5O3/c1-30-19-8-9-28(23(19)29)17-11-31-18-5-3-2-4-14(18)20(17)27-22-15-10-16(13-6-7-13)26-21(15)24-12-25-22/h2-5,10,12-13,17,19-20H,6-9,11H2,1H3,(H2,24,25,26,27). The van der Waals surface area contributed by atoms with Crippen LogP contribution in [0.25, 0.3) is 11.0 Å². The summed E-state index contributed by atoms with van der Waals surface area (Å²) in [6.45, 7) is 1.08. The average molecular weight is 419 g/mol. The molecule has 2 fully saturated rings. The first-order valence-corrected chi connectivity index (χ1v) is 10.9. The minimum absolute atomic E-state index is 0.0211. The van der Waals surface area contributed by atoms with Crippen molar-refractivity contribution < 1.29 is 14.3 Å². The van der Waals surface area contributed by atoms with E-state index in [1.807, 2.05) is 23.1 Å². The van der Waals surface area contributed by atoms with Crippen LogP contribution in [0.1, 0.15) is 42.5 Å². The quantitative estimate of drug-likeness (QED) is 0.661. The van der Waals surface area contributed by atoms with Crippen molar-refractivity contribution in [2.24, 2.45) is 0 Å².